The second-order valence-electron chi connectivity index (χ2n) is 9.24. The zero-order chi connectivity index (χ0) is 28.2. The number of carbonyl (C=O) groups is 2. The minimum absolute atomic E-state index is 0.0564. The van der Waals surface area contributed by atoms with Crippen LogP contribution in [0.4, 0.5) is 13.2 Å². The lowest BCUT2D eigenvalue weighted by Gasteiger charge is -2.23. The van der Waals surface area contributed by atoms with Crippen molar-refractivity contribution in [1.82, 2.24) is 5.32 Å². The molecule has 0 radical (unpaired) electrons. The van der Waals surface area contributed by atoms with Crippen LogP contribution in [0, 0.1) is 19.8 Å². The number of ether oxygens (including phenoxy) is 2. The Bertz CT molecular complexity index is 1260. The molecule has 2 atom stereocenters. The maximum absolute atomic E-state index is 13.0. The SMILES string of the molecule is COC(=O)[C@H](O)CNC(=O)c1ccc([C@H](Oc2cc(C)c(-c3ccc(C(F)(F)F)cc3)c(C)c2)C(C)C)s1. The van der Waals surface area contributed by atoms with Crippen molar-refractivity contribution in [1.29, 1.82) is 0 Å². The molecule has 0 unspecified atom stereocenters. The standard InChI is InChI=1S/C28H30F3NO5S/c1-15(2)25(22-10-11-23(38-22)26(34)32-14-21(33)27(35)36-5)37-20-12-16(3)24(17(4)13-20)18-6-8-19(9-7-18)28(29,30)31/h6-13,15,21,25,33H,14H2,1-5H3,(H,32,34)/t21-,25-/m1/s1. The van der Waals surface area contributed by atoms with Gasteiger partial charge in [0, 0.05) is 4.88 Å². The number of amides is 1. The molecule has 2 aromatic carbocycles. The smallest absolute Gasteiger partial charge is 0.416 e. The molecule has 3 aromatic rings. The van der Waals surface area contributed by atoms with E-state index in [9.17, 15) is 27.9 Å². The van der Waals surface area contributed by atoms with Gasteiger partial charge in [-0.2, -0.15) is 13.2 Å². The molecule has 0 aliphatic heterocycles. The topological polar surface area (TPSA) is 84.9 Å². The highest BCUT2D eigenvalue weighted by molar-refractivity contribution is 7.14. The summed E-state index contributed by atoms with van der Waals surface area (Å²) >= 11 is 1.25. The molecule has 38 heavy (non-hydrogen) atoms. The van der Waals surface area contributed by atoms with E-state index in [1.807, 2.05) is 39.8 Å². The van der Waals surface area contributed by atoms with Gasteiger partial charge in [0.15, 0.2) is 6.10 Å². The predicted molar refractivity (Wildman–Crippen MR) is 139 cm³/mol. The summed E-state index contributed by atoms with van der Waals surface area (Å²) in [4.78, 5) is 25.0. The summed E-state index contributed by atoms with van der Waals surface area (Å²) in [7, 11) is 1.15. The van der Waals surface area contributed by atoms with E-state index in [0.29, 0.717) is 16.2 Å². The first-order valence-electron chi connectivity index (χ1n) is 11.9. The van der Waals surface area contributed by atoms with Crippen molar-refractivity contribution in [2.45, 2.75) is 46.1 Å². The van der Waals surface area contributed by atoms with E-state index < -0.39 is 29.7 Å². The molecule has 204 valence electrons. The van der Waals surface area contributed by atoms with Gasteiger partial charge in [-0.15, -0.1) is 11.3 Å². The first kappa shape index (κ1) is 29.2. The Labute approximate surface area is 223 Å². The molecule has 1 amide bonds. The summed E-state index contributed by atoms with van der Waals surface area (Å²) in [5.74, 6) is -0.601. The van der Waals surface area contributed by atoms with Gasteiger partial charge < -0.3 is 19.9 Å². The lowest BCUT2D eigenvalue weighted by molar-refractivity contribution is -0.149. The number of thiophene rings is 1. The number of alkyl halides is 3. The van der Waals surface area contributed by atoms with E-state index in [-0.39, 0.29) is 18.6 Å². The molecule has 0 saturated heterocycles. The third-order valence-corrected chi connectivity index (χ3v) is 7.08. The lowest BCUT2D eigenvalue weighted by Crippen LogP contribution is -2.36. The number of hydrogen-bond donors (Lipinski definition) is 2. The Balaban J connectivity index is 1.78. The predicted octanol–water partition coefficient (Wildman–Crippen LogP) is 6.09. The van der Waals surface area contributed by atoms with E-state index >= 15 is 0 Å². The van der Waals surface area contributed by atoms with Crippen LogP contribution >= 0.6 is 11.3 Å². The third kappa shape index (κ3) is 6.93. The van der Waals surface area contributed by atoms with Crippen molar-refractivity contribution >= 4 is 23.2 Å². The summed E-state index contributed by atoms with van der Waals surface area (Å²) in [6.45, 7) is 7.48. The minimum Gasteiger partial charge on any atom is -0.485 e. The van der Waals surface area contributed by atoms with Gasteiger partial charge in [0.2, 0.25) is 0 Å². The average molecular weight is 550 g/mol. The number of carbonyl (C=O) groups excluding carboxylic acids is 2. The van der Waals surface area contributed by atoms with Crippen LogP contribution < -0.4 is 10.1 Å². The van der Waals surface area contributed by atoms with Crippen LogP contribution in [0.15, 0.2) is 48.5 Å². The highest BCUT2D eigenvalue weighted by Crippen LogP contribution is 2.37. The molecule has 6 nitrogen and oxygen atoms in total. The number of aliphatic hydroxyl groups is 1. The number of aryl methyl sites for hydroxylation is 2. The van der Waals surface area contributed by atoms with Gasteiger partial charge in [0.25, 0.3) is 5.91 Å². The number of hydrogen-bond acceptors (Lipinski definition) is 6. The number of rotatable bonds is 9. The van der Waals surface area contributed by atoms with Crippen LogP contribution in [-0.4, -0.2) is 36.7 Å². The van der Waals surface area contributed by atoms with E-state index in [1.54, 1.807) is 12.1 Å². The summed E-state index contributed by atoms with van der Waals surface area (Å²) < 4.78 is 49.6. The largest absolute Gasteiger partial charge is 0.485 e. The highest BCUT2D eigenvalue weighted by Gasteiger charge is 2.30. The van der Waals surface area contributed by atoms with E-state index in [4.69, 9.17) is 4.74 Å². The van der Waals surface area contributed by atoms with E-state index in [2.05, 4.69) is 10.1 Å². The van der Waals surface area contributed by atoms with Gasteiger partial charge in [0.1, 0.15) is 11.9 Å². The van der Waals surface area contributed by atoms with Crippen molar-refractivity contribution < 1.29 is 37.3 Å². The van der Waals surface area contributed by atoms with Gasteiger partial charge in [-0.25, -0.2) is 4.79 Å². The van der Waals surface area contributed by atoms with Gasteiger partial charge in [-0.05, 0) is 78.4 Å². The molecule has 3 rings (SSSR count). The number of benzene rings is 2. The van der Waals surface area contributed by atoms with E-state index in [1.165, 1.54) is 23.5 Å². The molecular formula is C28H30F3NO5S. The fourth-order valence-corrected chi connectivity index (χ4v) is 5.19. The Morgan fingerprint density at radius 3 is 2.16 bits per heavy atom. The third-order valence-electron chi connectivity index (χ3n) is 5.94. The first-order chi connectivity index (χ1) is 17.8. The Morgan fingerprint density at radius 1 is 1.03 bits per heavy atom. The number of aliphatic hydroxyl groups excluding tert-OH is 1. The first-order valence-corrected chi connectivity index (χ1v) is 12.7. The van der Waals surface area contributed by atoms with Crippen LogP contribution in [-0.2, 0) is 15.7 Å². The minimum atomic E-state index is -4.39. The second kappa shape index (κ2) is 12.0. The van der Waals surface area contributed by atoms with Crippen molar-refractivity contribution in [3.8, 4) is 16.9 Å². The fraction of sp³-hybridized carbons (Fsp3) is 0.357. The van der Waals surface area contributed by atoms with Crippen LogP contribution in [0.3, 0.4) is 0 Å². The normalized spacial score (nSPS) is 13.2. The molecule has 0 fully saturated rings. The van der Waals surface area contributed by atoms with Gasteiger partial charge in [0.05, 0.1) is 24.1 Å². The summed E-state index contributed by atoms with van der Waals surface area (Å²) in [5.41, 5.74) is 2.55. The monoisotopic (exact) mass is 549 g/mol. The Morgan fingerprint density at radius 2 is 1.63 bits per heavy atom. The summed E-state index contributed by atoms with van der Waals surface area (Å²) in [6.07, 6.45) is -6.20. The molecule has 2 N–H and O–H groups in total. The molecular weight excluding hydrogens is 519 g/mol. The molecule has 0 bridgehead atoms. The fourth-order valence-electron chi connectivity index (χ4n) is 4.07. The van der Waals surface area contributed by atoms with E-state index in [0.717, 1.165) is 40.8 Å². The molecule has 1 heterocycles. The Hall–Kier alpha value is -3.37. The van der Waals surface area contributed by atoms with Crippen LogP contribution in [0.2, 0.25) is 0 Å². The van der Waals surface area contributed by atoms with Crippen molar-refractivity contribution in [3.05, 3.63) is 75.0 Å². The van der Waals surface area contributed by atoms with Gasteiger partial charge in [-0.1, -0.05) is 26.0 Å². The van der Waals surface area contributed by atoms with Gasteiger partial charge in [-0.3, -0.25) is 4.79 Å². The molecule has 0 aliphatic rings. The molecule has 0 saturated carbocycles. The summed E-state index contributed by atoms with van der Waals surface area (Å²) in [6, 6.07) is 12.3. The quantitative estimate of drug-likeness (QED) is 0.316. The van der Waals surface area contributed by atoms with Crippen LogP contribution in [0.1, 0.15) is 51.2 Å². The van der Waals surface area contributed by atoms with Crippen LogP contribution in [0.25, 0.3) is 11.1 Å². The average Bonchev–Trinajstić information content (AvgIpc) is 3.34. The van der Waals surface area contributed by atoms with Crippen molar-refractivity contribution in [2.24, 2.45) is 5.92 Å². The zero-order valence-corrected chi connectivity index (χ0v) is 22.5. The van der Waals surface area contributed by atoms with Crippen LogP contribution in [0.5, 0.6) is 5.75 Å². The number of halogens is 3. The maximum Gasteiger partial charge on any atom is 0.416 e. The lowest BCUT2D eigenvalue weighted by atomic mass is 9.94. The maximum atomic E-state index is 13.0. The molecule has 0 spiro atoms. The Kier molecular flexibility index (Phi) is 9.22. The molecule has 0 aliphatic carbocycles. The number of nitrogens with one attached hydrogen (secondary N) is 1. The van der Waals surface area contributed by atoms with Crippen molar-refractivity contribution in [2.75, 3.05) is 13.7 Å². The van der Waals surface area contributed by atoms with Gasteiger partial charge >= 0.3 is 12.1 Å². The second-order valence-corrected chi connectivity index (χ2v) is 10.4. The number of esters is 1. The molecule has 10 heteroatoms. The zero-order valence-electron chi connectivity index (χ0n) is 21.7. The molecule has 1 aromatic heterocycles. The summed E-state index contributed by atoms with van der Waals surface area (Å²) in [5, 5.41) is 12.2. The highest BCUT2D eigenvalue weighted by atomic mass is 32.1. The number of methoxy groups -OCH3 is 1. The van der Waals surface area contributed by atoms with Crippen molar-refractivity contribution in [3.63, 3.8) is 0 Å².